The number of aromatic nitrogens is 4. The van der Waals surface area contributed by atoms with E-state index in [1.54, 1.807) is 16.8 Å². The molecule has 19 heavy (non-hydrogen) atoms. The highest BCUT2D eigenvalue weighted by Gasteiger charge is 2.28. The molecule has 1 saturated carbocycles. The Morgan fingerprint density at radius 2 is 2.16 bits per heavy atom. The van der Waals surface area contributed by atoms with Crippen LogP contribution in [0.2, 0.25) is 0 Å². The monoisotopic (exact) mass is 283 g/mol. The first kappa shape index (κ1) is 12.3. The predicted octanol–water partition coefficient (Wildman–Crippen LogP) is 2.68. The summed E-state index contributed by atoms with van der Waals surface area (Å²) < 4.78 is 27.7. The lowest BCUT2D eigenvalue weighted by Gasteiger charge is -2.09. The van der Waals surface area contributed by atoms with Crippen molar-refractivity contribution in [2.24, 2.45) is 0 Å². The number of nitrogens with two attached hydrogens (primary N) is 1. The highest BCUT2D eigenvalue weighted by atomic mass is 32.2. The Labute approximate surface area is 112 Å². The normalized spacial score (nSPS) is 15.1. The van der Waals surface area contributed by atoms with Crippen molar-refractivity contribution in [2.75, 3.05) is 5.73 Å². The quantitative estimate of drug-likeness (QED) is 0.874. The molecule has 100 valence electrons. The summed E-state index contributed by atoms with van der Waals surface area (Å²) in [6.07, 6.45) is -0.513. The fourth-order valence-corrected chi connectivity index (χ4v) is 2.68. The number of hydrogen-bond donors (Lipinski definition) is 1. The van der Waals surface area contributed by atoms with Crippen LogP contribution in [0.5, 0.6) is 0 Å². The lowest BCUT2D eigenvalue weighted by atomic mass is 10.2. The molecule has 0 radical (unpaired) electrons. The minimum absolute atomic E-state index is 0.0876. The van der Waals surface area contributed by atoms with Crippen LogP contribution in [0.25, 0.3) is 0 Å². The average Bonchev–Trinajstić information content (AvgIpc) is 3.12. The fourth-order valence-electron chi connectivity index (χ4n) is 1.73. The minimum Gasteiger partial charge on any atom is -0.399 e. The van der Waals surface area contributed by atoms with Crippen molar-refractivity contribution in [1.29, 1.82) is 0 Å². The van der Waals surface area contributed by atoms with E-state index >= 15 is 0 Å². The Bertz CT molecular complexity index is 597. The van der Waals surface area contributed by atoms with E-state index in [2.05, 4.69) is 15.5 Å². The summed E-state index contributed by atoms with van der Waals surface area (Å²) in [6, 6.07) is 4.77. The molecule has 0 amide bonds. The molecule has 0 atom stereocenters. The third-order valence-electron chi connectivity index (χ3n) is 2.83. The zero-order valence-corrected chi connectivity index (χ0v) is 10.6. The van der Waals surface area contributed by atoms with Crippen molar-refractivity contribution >= 4 is 17.4 Å². The van der Waals surface area contributed by atoms with Gasteiger partial charge in [0, 0.05) is 16.1 Å². The van der Waals surface area contributed by atoms with E-state index in [1.165, 1.54) is 6.07 Å². The molecule has 0 spiro atoms. The first-order valence-electron chi connectivity index (χ1n) is 5.78. The smallest absolute Gasteiger partial charge is 0.265 e. The first-order valence-corrected chi connectivity index (χ1v) is 6.60. The van der Waals surface area contributed by atoms with Crippen LogP contribution in [0.4, 0.5) is 14.5 Å². The highest BCUT2D eigenvalue weighted by molar-refractivity contribution is 7.99. The SMILES string of the molecule is Nc1ccc(Sc2nnnn2C2CC2)c(C(F)F)c1. The van der Waals surface area contributed by atoms with Gasteiger partial charge in [0.1, 0.15) is 0 Å². The van der Waals surface area contributed by atoms with Crippen molar-refractivity contribution in [3.8, 4) is 0 Å². The van der Waals surface area contributed by atoms with Gasteiger partial charge in [-0.3, -0.25) is 0 Å². The maximum absolute atomic E-state index is 13.0. The number of alkyl halides is 2. The van der Waals surface area contributed by atoms with E-state index in [0.29, 0.717) is 21.8 Å². The van der Waals surface area contributed by atoms with Gasteiger partial charge >= 0.3 is 0 Å². The van der Waals surface area contributed by atoms with E-state index in [-0.39, 0.29) is 5.56 Å². The number of tetrazole rings is 1. The van der Waals surface area contributed by atoms with Crippen LogP contribution in [0.1, 0.15) is 30.9 Å². The predicted molar refractivity (Wildman–Crippen MR) is 66.0 cm³/mol. The van der Waals surface area contributed by atoms with Crippen LogP contribution in [-0.4, -0.2) is 20.2 Å². The summed E-state index contributed by atoms with van der Waals surface area (Å²) in [5, 5.41) is 11.9. The van der Waals surface area contributed by atoms with E-state index in [4.69, 9.17) is 5.73 Å². The average molecular weight is 283 g/mol. The first-order chi connectivity index (χ1) is 9.15. The maximum atomic E-state index is 13.0. The summed E-state index contributed by atoms with van der Waals surface area (Å²) in [5.74, 6) is 0. The molecule has 3 rings (SSSR count). The Balaban J connectivity index is 1.92. The molecule has 0 unspecified atom stereocenters. The van der Waals surface area contributed by atoms with E-state index in [0.717, 1.165) is 24.6 Å². The molecule has 1 aliphatic carbocycles. The molecular formula is C11H11F2N5S. The van der Waals surface area contributed by atoms with E-state index in [1.807, 2.05) is 0 Å². The van der Waals surface area contributed by atoms with Crippen molar-refractivity contribution in [1.82, 2.24) is 20.2 Å². The van der Waals surface area contributed by atoms with Gasteiger partial charge in [-0.1, -0.05) is 0 Å². The van der Waals surface area contributed by atoms with Crippen LogP contribution in [0.3, 0.4) is 0 Å². The molecule has 1 aromatic heterocycles. The molecule has 1 heterocycles. The van der Waals surface area contributed by atoms with Gasteiger partial charge in [0.25, 0.3) is 6.43 Å². The Kier molecular flexibility index (Phi) is 3.09. The number of benzene rings is 1. The van der Waals surface area contributed by atoms with Gasteiger partial charge < -0.3 is 5.73 Å². The molecule has 2 aromatic rings. The molecule has 5 nitrogen and oxygen atoms in total. The molecule has 1 aromatic carbocycles. The number of rotatable bonds is 4. The third-order valence-corrected chi connectivity index (χ3v) is 3.87. The van der Waals surface area contributed by atoms with Gasteiger partial charge in [0.2, 0.25) is 5.16 Å². The number of anilines is 1. The second-order valence-corrected chi connectivity index (χ2v) is 5.35. The van der Waals surface area contributed by atoms with E-state index in [9.17, 15) is 8.78 Å². The van der Waals surface area contributed by atoms with Gasteiger partial charge in [0.15, 0.2) is 0 Å². The molecule has 1 fully saturated rings. The van der Waals surface area contributed by atoms with Crippen molar-refractivity contribution in [2.45, 2.75) is 35.4 Å². The Morgan fingerprint density at radius 1 is 1.37 bits per heavy atom. The molecular weight excluding hydrogens is 272 g/mol. The van der Waals surface area contributed by atoms with Gasteiger partial charge in [-0.05, 0) is 53.2 Å². The van der Waals surface area contributed by atoms with Crippen molar-refractivity contribution in [3.05, 3.63) is 23.8 Å². The lowest BCUT2D eigenvalue weighted by Crippen LogP contribution is -1.99. The molecule has 8 heteroatoms. The summed E-state index contributed by atoms with van der Waals surface area (Å²) in [4.78, 5) is 0.431. The van der Waals surface area contributed by atoms with Gasteiger partial charge in [-0.25, -0.2) is 13.5 Å². The number of nitrogen functional groups attached to an aromatic ring is 1. The summed E-state index contributed by atoms with van der Waals surface area (Å²) in [7, 11) is 0. The lowest BCUT2D eigenvalue weighted by molar-refractivity contribution is 0.148. The second kappa shape index (κ2) is 4.76. The molecule has 0 aliphatic heterocycles. The molecule has 1 aliphatic rings. The van der Waals surface area contributed by atoms with E-state index < -0.39 is 6.43 Å². The topological polar surface area (TPSA) is 69.6 Å². The largest absolute Gasteiger partial charge is 0.399 e. The maximum Gasteiger partial charge on any atom is 0.265 e. The van der Waals surface area contributed by atoms with Crippen molar-refractivity contribution < 1.29 is 8.78 Å². The van der Waals surface area contributed by atoms with Crippen LogP contribution >= 0.6 is 11.8 Å². The Hall–Kier alpha value is -1.70. The van der Waals surface area contributed by atoms with Crippen LogP contribution < -0.4 is 5.73 Å². The second-order valence-electron chi connectivity index (χ2n) is 4.34. The summed E-state index contributed by atoms with van der Waals surface area (Å²) in [6.45, 7) is 0. The number of hydrogen-bond acceptors (Lipinski definition) is 5. The zero-order valence-electron chi connectivity index (χ0n) is 9.83. The Morgan fingerprint density at radius 3 is 2.84 bits per heavy atom. The summed E-state index contributed by atoms with van der Waals surface area (Å²) >= 11 is 1.14. The zero-order chi connectivity index (χ0) is 13.4. The summed E-state index contributed by atoms with van der Waals surface area (Å²) in [5.41, 5.74) is 5.77. The van der Waals surface area contributed by atoms with Gasteiger partial charge in [-0.2, -0.15) is 0 Å². The minimum atomic E-state index is -2.57. The number of halogens is 2. The standard InChI is InChI=1S/C11H11F2N5S/c12-10(13)8-5-6(14)1-4-9(8)19-11-15-16-17-18(11)7-2-3-7/h1,4-5,7,10H,2-3,14H2. The van der Waals surface area contributed by atoms with Crippen molar-refractivity contribution in [3.63, 3.8) is 0 Å². The molecule has 0 bridgehead atoms. The third kappa shape index (κ3) is 2.53. The fraction of sp³-hybridized carbons (Fsp3) is 0.364. The van der Waals surface area contributed by atoms with Gasteiger partial charge in [0.05, 0.1) is 6.04 Å². The van der Waals surface area contributed by atoms with Crippen LogP contribution in [-0.2, 0) is 0 Å². The van der Waals surface area contributed by atoms with Crippen LogP contribution in [0, 0.1) is 0 Å². The highest BCUT2D eigenvalue weighted by Crippen LogP contribution is 2.40. The molecule has 2 N–H and O–H groups in total. The number of nitrogens with zero attached hydrogens (tertiary/aromatic N) is 4. The van der Waals surface area contributed by atoms with Gasteiger partial charge in [-0.15, -0.1) is 5.10 Å². The molecule has 0 saturated heterocycles. The van der Waals surface area contributed by atoms with Crippen LogP contribution in [0.15, 0.2) is 28.3 Å².